The standard InChI is InChI=1S/C23H27N/c1-2-3-4-5-6-11-18-12-7-9-14-20(18)22-17-16-19-13-8-10-15-21(19)23(22)24/h7-10,12-17H,2-6,11,24H2,1H3. The second-order valence-electron chi connectivity index (χ2n) is 6.57. The Morgan fingerprint density at radius 1 is 0.708 bits per heavy atom. The van der Waals surface area contributed by atoms with E-state index in [0.717, 1.165) is 23.1 Å². The molecular weight excluding hydrogens is 290 g/mol. The number of anilines is 1. The maximum atomic E-state index is 6.51. The third kappa shape index (κ3) is 3.62. The van der Waals surface area contributed by atoms with Gasteiger partial charge >= 0.3 is 0 Å². The van der Waals surface area contributed by atoms with Crippen molar-refractivity contribution in [3.8, 4) is 11.1 Å². The Bertz CT molecular complexity index is 804. The lowest BCUT2D eigenvalue weighted by Crippen LogP contribution is -1.96. The molecule has 0 fully saturated rings. The summed E-state index contributed by atoms with van der Waals surface area (Å²) in [6.07, 6.45) is 7.69. The van der Waals surface area contributed by atoms with Crippen molar-refractivity contribution in [1.82, 2.24) is 0 Å². The van der Waals surface area contributed by atoms with Gasteiger partial charge in [-0.3, -0.25) is 0 Å². The molecule has 0 saturated carbocycles. The fourth-order valence-corrected chi connectivity index (χ4v) is 3.45. The van der Waals surface area contributed by atoms with Crippen LogP contribution in [0, 0.1) is 0 Å². The van der Waals surface area contributed by atoms with Crippen LogP contribution in [0.1, 0.15) is 44.6 Å². The largest absolute Gasteiger partial charge is 0.398 e. The number of fused-ring (bicyclic) bond motifs is 1. The summed E-state index contributed by atoms with van der Waals surface area (Å²) >= 11 is 0. The molecule has 0 atom stereocenters. The van der Waals surface area contributed by atoms with Gasteiger partial charge in [-0.15, -0.1) is 0 Å². The number of hydrogen-bond donors (Lipinski definition) is 1. The van der Waals surface area contributed by atoms with Gasteiger partial charge in [-0.2, -0.15) is 0 Å². The van der Waals surface area contributed by atoms with Crippen molar-refractivity contribution >= 4 is 16.5 Å². The summed E-state index contributed by atoms with van der Waals surface area (Å²) in [6, 6.07) is 21.4. The van der Waals surface area contributed by atoms with Crippen LogP contribution in [0.25, 0.3) is 21.9 Å². The molecule has 24 heavy (non-hydrogen) atoms. The second-order valence-corrected chi connectivity index (χ2v) is 6.57. The average Bonchev–Trinajstić information content (AvgIpc) is 2.63. The number of rotatable bonds is 7. The summed E-state index contributed by atoms with van der Waals surface area (Å²) in [5.41, 5.74) is 11.3. The number of aryl methyl sites for hydroxylation is 1. The highest BCUT2D eigenvalue weighted by Gasteiger charge is 2.10. The molecule has 0 spiro atoms. The van der Waals surface area contributed by atoms with Gasteiger partial charge in [0.25, 0.3) is 0 Å². The number of hydrogen-bond acceptors (Lipinski definition) is 1. The molecule has 2 N–H and O–H groups in total. The van der Waals surface area contributed by atoms with Gasteiger partial charge in [0.1, 0.15) is 0 Å². The summed E-state index contributed by atoms with van der Waals surface area (Å²) in [4.78, 5) is 0. The van der Waals surface area contributed by atoms with E-state index in [-0.39, 0.29) is 0 Å². The van der Waals surface area contributed by atoms with Crippen molar-refractivity contribution in [1.29, 1.82) is 0 Å². The first-order valence-electron chi connectivity index (χ1n) is 9.16. The van der Waals surface area contributed by atoms with E-state index < -0.39 is 0 Å². The van der Waals surface area contributed by atoms with E-state index in [1.807, 2.05) is 0 Å². The zero-order valence-corrected chi connectivity index (χ0v) is 14.6. The average molecular weight is 317 g/mol. The minimum Gasteiger partial charge on any atom is -0.398 e. The van der Waals surface area contributed by atoms with Gasteiger partial charge in [-0.25, -0.2) is 0 Å². The van der Waals surface area contributed by atoms with Crippen LogP contribution in [0.4, 0.5) is 5.69 Å². The first kappa shape index (κ1) is 16.6. The van der Waals surface area contributed by atoms with Gasteiger partial charge in [-0.1, -0.05) is 93.3 Å². The summed E-state index contributed by atoms with van der Waals surface area (Å²) in [6.45, 7) is 2.26. The number of nitrogens with two attached hydrogens (primary N) is 1. The molecule has 0 radical (unpaired) electrons. The molecule has 0 heterocycles. The Hall–Kier alpha value is -2.28. The quantitative estimate of drug-likeness (QED) is 0.385. The Morgan fingerprint density at radius 3 is 2.33 bits per heavy atom. The van der Waals surface area contributed by atoms with E-state index in [0.29, 0.717) is 0 Å². The molecular formula is C23H27N. The van der Waals surface area contributed by atoms with E-state index in [1.165, 1.54) is 48.6 Å². The lowest BCUT2D eigenvalue weighted by molar-refractivity contribution is 0.632. The monoisotopic (exact) mass is 317 g/mol. The molecule has 124 valence electrons. The first-order chi connectivity index (χ1) is 11.8. The highest BCUT2D eigenvalue weighted by Crippen LogP contribution is 2.34. The van der Waals surface area contributed by atoms with Gasteiger partial charge in [-0.05, 0) is 29.4 Å². The van der Waals surface area contributed by atoms with E-state index in [2.05, 4.69) is 67.6 Å². The number of unbranched alkanes of at least 4 members (excludes halogenated alkanes) is 4. The maximum Gasteiger partial charge on any atom is 0.0473 e. The maximum absolute atomic E-state index is 6.51. The Balaban J connectivity index is 1.88. The zero-order valence-electron chi connectivity index (χ0n) is 14.6. The van der Waals surface area contributed by atoms with E-state index in [9.17, 15) is 0 Å². The van der Waals surface area contributed by atoms with Crippen molar-refractivity contribution in [2.75, 3.05) is 5.73 Å². The minimum atomic E-state index is 0.895. The Kier molecular flexibility index (Phi) is 5.53. The van der Waals surface area contributed by atoms with Gasteiger partial charge in [0.2, 0.25) is 0 Å². The van der Waals surface area contributed by atoms with Crippen molar-refractivity contribution in [3.05, 3.63) is 66.2 Å². The Labute approximate surface area is 145 Å². The third-order valence-corrected chi connectivity index (χ3v) is 4.83. The van der Waals surface area contributed by atoms with Crippen LogP contribution in [0.2, 0.25) is 0 Å². The van der Waals surface area contributed by atoms with Crippen LogP contribution < -0.4 is 5.73 Å². The SMILES string of the molecule is CCCCCCCc1ccccc1-c1ccc2ccccc2c1N. The number of nitrogen functional groups attached to an aromatic ring is 1. The smallest absolute Gasteiger partial charge is 0.0473 e. The van der Waals surface area contributed by atoms with Crippen LogP contribution in [0.15, 0.2) is 60.7 Å². The fourth-order valence-electron chi connectivity index (χ4n) is 3.45. The molecule has 0 aliphatic carbocycles. The van der Waals surface area contributed by atoms with Crippen LogP contribution in [-0.4, -0.2) is 0 Å². The fraction of sp³-hybridized carbons (Fsp3) is 0.304. The third-order valence-electron chi connectivity index (χ3n) is 4.83. The van der Waals surface area contributed by atoms with E-state index in [1.54, 1.807) is 0 Å². The van der Waals surface area contributed by atoms with Crippen molar-refractivity contribution < 1.29 is 0 Å². The molecule has 0 aliphatic rings. The van der Waals surface area contributed by atoms with Crippen molar-refractivity contribution in [3.63, 3.8) is 0 Å². The summed E-state index contributed by atoms with van der Waals surface area (Å²) < 4.78 is 0. The lowest BCUT2D eigenvalue weighted by Gasteiger charge is -2.14. The predicted octanol–water partition coefficient (Wildman–Crippen LogP) is 6.60. The molecule has 1 heteroatoms. The summed E-state index contributed by atoms with van der Waals surface area (Å²) in [5.74, 6) is 0. The minimum absolute atomic E-state index is 0.895. The normalized spacial score (nSPS) is 11.0. The molecule has 1 nitrogen and oxygen atoms in total. The molecule has 3 rings (SSSR count). The highest BCUT2D eigenvalue weighted by atomic mass is 14.6. The molecule has 0 amide bonds. The van der Waals surface area contributed by atoms with Crippen molar-refractivity contribution in [2.45, 2.75) is 45.4 Å². The molecule has 0 aliphatic heterocycles. The lowest BCUT2D eigenvalue weighted by atomic mass is 9.92. The van der Waals surface area contributed by atoms with E-state index in [4.69, 9.17) is 5.73 Å². The van der Waals surface area contributed by atoms with Crippen molar-refractivity contribution in [2.24, 2.45) is 0 Å². The van der Waals surface area contributed by atoms with Crippen LogP contribution in [0.5, 0.6) is 0 Å². The first-order valence-corrected chi connectivity index (χ1v) is 9.16. The summed E-state index contributed by atoms with van der Waals surface area (Å²) in [7, 11) is 0. The van der Waals surface area contributed by atoms with Gasteiger partial charge in [0.15, 0.2) is 0 Å². The molecule has 3 aromatic carbocycles. The summed E-state index contributed by atoms with van der Waals surface area (Å²) in [5, 5.41) is 2.35. The van der Waals surface area contributed by atoms with E-state index >= 15 is 0 Å². The molecule has 0 saturated heterocycles. The van der Waals surface area contributed by atoms with Gasteiger partial charge in [0, 0.05) is 16.6 Å². The van der Waals surface area contributed by atoms with Gasteiger partial charge < -0.3 is 5.73 Å². The van der Waals surface area contributed by atoms with Crippen LogP contribution in [-0.2, 0) is 6.42 Å². The highest BCUT2D eigenvalue weighted by molar-refractivity contribution is 6.00. The second kappa shape index (κ2) is 8.01. The molecule has 0 unspecified atom stereocenters. The predicted molar refractivity (Wildman–Crippen MR) is 106 cm³/mol. The molecule has 0 bridgehead atoms. The number of benzene rings is 3. The topological polar surface area (TPSA) is 26.0 Å². The van der Waals surface area contributed by atoms with Gasteiger partial charge in [0.05, 0.1) is 0 Å². The van der Waals surface area contributed by atoms with Crippen LogP contribution >= 0.6 is 0 Å². The molecule has 0 aromatic heterocycles. The Morgan fingerprint density at radius 2 is 1.46 bits per heavy atom. The zero-order chi connectivity index (χ0) is 16.8. The van der Waals surface area contributed by atoms with Crippen LogP contribution in [0.3, 0.4) is 0 Å². The molecule has 3 aromatic rings.